The molecule has 8 heteroatoms. The van der Waals surface area contributed by atoms with Crippen LogP contribution in [0.2, 0.25) is 0 Å². The molecule has 0 aliphatic heterocycles. The lowest BCUT2D eigenvalue weighted by Gasteiger charge is -2.06. The van der Waals surface area contributed by atoms with Gasteiger partial charge in [0.25, 0.3) is 5.56 Å². The number of rotatable bonds is 4. The average molecular weight is 293 g/mol. The molecule has 0 radical (unpaired) electrons. The normalized spacial score (nSPS) is 10.8. The highest BCUT2D eigenvalue weighted by Gasteiger charge is 2.18. The summed E-state index contributed by atoms with van der Waals surface area (Å²) in [7, 11) is 3.06. The van der Waals surface area contributed by atoms with Crippen molar-refractivity contribution in [1.82, 2.24) is 18.7 Å². The number of isothiocyanates is 1. The average Bonchev–Trinajstić information content (AvgIpc) is 2.80. The monoisotopic (exact) mass is 293 g/mol. The molecule has 0 saturated heterocycles. The van der Waals surface area contributed by atoms with Crippen molar-refractivity contribution in [1.29, 1.82) is 0 Å². The molecule has 2 heterocycles. The van der Waals surface area contributed by atoms with Crippen LogP contribution in [0.3, 0.4) is 0 Å². The molecular weight excluding hydrogens is 278 g/mol. The second-order valence-corrected chi connectivity index (χ2v) is 4.65. The van der Waals surface area contributed by atoms with Crippen molar-refractivity contribution in [2.75, 3.05) is 0 Å². The Labute approximate surface area is 120 Å². The van der Waals surface area contributed by atoms with Crippen molar-refractivity contribution in [2.24, 2.45) is 19.1 Å². The molecular formula is C12H15N5O2S. The number of imidazole rings is 1. The van der Waals surface area contributed by atoms with E-state index in [9.17, 15) is 9.59 Å². The third kappa shape index (κ3) is 2.13. The third-order valence-corrected chi connectivity index (χ3v) is 3.29. The summed E-state index contributed by atoms with van der Waals surface area (Å²) < 4.78 is 4.25. The molecule has 0 N–H and O–H groups in total. The Morgan fingerprint density at radius 1 is 1.30 bits per heavy atom. The van der Waals surface area contributed by atoms with Crippen LogP contribution in [-0.2, 0) is 27.2 Å². The predicted octanol–water partition coefficient (Wildman–Crippen LogP) is 0.446. The number of nitrogens with zero attached hydrogens (tertiary/aromatic N) is 5. The lowest BCUT2D eigenvalue weighted by Crippen LogP contribution is -2.37. The molecule has 2 rings (SSSR count). The van der Waals surface area contributed by atoms with E-state index in [0.29, 0.717) is 23.5 Å². The molecule has 0 spiro atoms. The first-order chi connectivity index (χ1) is 9.52. The SMILES string of the molecule is CCCn1c(CN=C=S)nc2c1c(=O)n(C)c(=O)n2C. The van der Waals surface area contributed by atoms with Crippen LogP contribution in [0, 0.1) is 0 Å². The Balaban J connectivity index is 2.91. The fourth-order valence-electron chi connectivity index (χ4n) is 2.18. The smallest absolute Gasteiger partial charge is 0.321 e. The van der Waals surface area contributed by atoms with Gasteiger partial charge in [0.15, 0.2) is 11.2 Å². The Kier molecular flexibility index (Phi) is 3.96. The van der Waals surface area contributed by atoms with Crippen LogP contribution in [0.25, 0.3) is 11.2 Å². The molecule has 0 fully saturated rings. The second kappa shape index (κ2) is 5.52. The van der Waals surface area contributed by atoms with Gasteiger partial charge < -0.3 is 4.57 Å². The number of thiocarbonyl (C=S) groups is 1. The molecule has 20 heavy (non-hydrogen) atoms. The first-order valence-electron chi connectivity index (χ1n) is 6.21. The van der Waals surface area contributed by atoms with E-state index in [4.69, 9.17) is 0 Å². The summed E-state index contributed by atoms with van der Waals surface area (Å²) in [5.41, 5.74) is 0.0577. The van der Waals surface area contributed by atoms with Crippen molar-refractivity contribution in [2.45, 2.75) is 26.4 Å². The highest BCUT2D eigenvalue weighted by Crippen LogP contribution is 2.12. The van der Waals surface area contributed by atoms with E-state index in [1.165, 1.54) is 11.6 Å². The summed E-state index contributed by atoms with van der Waals surface area (Å²) in [6.07, 6.45) is 0.839. The molecule has 0 aliphatic rings. The maximum absolute atomic E-state index is 12.3. The van der Waals surface area contributed by atoms with E-state index in [1.54, 1.807) is 11.6 Å². The van der Waals surface area contributed by atoms with E-state index in [1.807, 2.05) is 6.92 Å². The van der Waals surface area contributed by atoms with Gasteiger partial charge in [0.2, 0.25) is 0 Å². The van der Waals surface area contributed by atoms with Crippen LogP contribution in [0.1, 0.15) is 19.2 Å². The minimum atomic E-state index is -0.395. The largest absolute Gasteiger partial charge is 0.332 e. The van der Waals surface area contributed by atoms with Crippen molar-refractivity contribution in [3.05, 3.63) is 26.7 Å². The van der Waals surface area contributed by atoms with Crippen LogP contribution in [0.4, 0.5) is 0 Å². The quantitative estimate of drug-likeness (QED) is 0.606. The van der Waals surface area contributed by atoms with Crippen molar-refractivity contribution in [3.63, 3.8) is 0 Å². The minimum absolute atomic E-state index is 0.246. The van der Waals surface area contributed by atoms with Gasteiger partial charge in [-0.3, -0.25) is 13.9 Å². The molecule has 7 nitrogen and oxygen atoms in total. The van der Waals surface area contributed by atoms with E-state index in [0.717, 1.165) is 11.0 Å². The Morgan fingerprint density at radius 3 is 2.60 bits per heavy atom. The van der Waals surface area contributed by atoms with Gasteiger partial charge in [0, 0.05) is 20.6 Å². The number of aromatic nitrogens is 4. The van der Waals surface area contributed by atoms with Crippen LogP contribution in [-0.4, -0.2) is 23.8 Å². The summed E-state index contributed by atoms with van der Waals surface area (Å²) in [6, 6.07) is 0. The fourth-order valence-corrected chi connectivity index (χ4v) is 2.24. The number of hydrogen-bond donors (Lipinski definition) is 0. The van der Waals surface area contributed by atoms with Gasteiger partial charge in [-0.15, -0.1) is 0 Å². The lowest BCUT2D eigenvalue weighted by molar-refractivity contribution is 0.648. The minimum Gasteiger partial charge on any atom is -0.321 e. The van der Waals surface area contributed by atoms with E-state index in [2.05, 4.69) is 27.4 Å². The maximum Gasteiger partial charge on any atom is 0.332 e. The van der Waals surface area contributed by atoms with Gasteiger partial charge >= 0.3 is 5.69 Å². The topological polar surface area (TPSA) is 74.2 Å². The molecule has 2 aromatic rings. The predicted molar refractivity (Wildman–Crippen MR) is 79.2 cm³/mol. The standard InChI is InChI=1S/C12H15N5O2S/c1-4-5-17-8(6-13-7-20)14-10-9(17)11(18)16(3)12(19)15(10)2/h4-6H2,1-3H3. The number of fused-ring (bicyclic) bond motifs is 1. The van der Waals surface area contributed by atoms with Gasteiger partial charge in [0.1, 0.15) is 12.4 Å². The molecule has 0 aliphatic carbocycles. The van der Waals surface area contributed by atoms with Crippen LogP contribution >= 0.6 is 12.2 Å². The van der Waals surface area contributed by atoms with Crippen molar-refractivity contribution in [3.8, 4) is 0 Å². The van der Waals surface area contributed by atoms with Crippen molar-refractivity contribution >= 4 is 28.5 Å². The number of aliphatic imine (C=N–C) groups is 1. The molecule has 106 valence electrons. The van der Waals surface area contributed by atoms with Crippen molar-refractivity contribution < 1.29 is 0 Å². The summed E-state index contributed by atoms with van der Waals surface area (Å²) in [6.45, 7) is 2.88. The molecule has 2 aromatic heterocycles. The summed E-state index contributed by atoms with van der Waals surface area (Å²) in [4.78, 5) is 32.5. The van der Waals surface area contributed by atoms with Gasteiger partial charge in [0.05, 0.1) is 5.16 Å². The van der Waals surface area contributed by atoms with Crippen LogP contribution in [0.5, 0.6) is 0 Å². The highest BCUT2D eigenvalue weighted by molar-refractivity contribution is 7.78. The molecule has 0 aromatic carbocycles. The van der Waals surface area contributed by atoms with Crippen LogP contribution < -0.4 is 11.2 Å². The first-order valence-corrected chi connectivity index (χ1v) is 6.62. The summed E-state index contributed by atoms with van der Waals surface area (Å²) in [5, 5.41) is 2.28. The van der Waals surface area contributed by atoms with E-state index in [-0.39, 0.29) is 12.1 Å². The zero-order valence-corrected chi connectivity index (χ0v) is 12.4. The summed E-state index contributed by atoms with van der Waals surface area (Å²) in [5.74, 6) is 0.609. The Hall–Kier alpha value is -2.05. The number of aryl methyl sites for hydroxylation is 2. The Morgan fingerprint density at radius 2 is 2.00 bits per heavy atom. The highest BCUT2D eigenvalue weighted by atomic mass is 32.1. The zero-order chi connectivity index (χ0) is 14.9. The molecule has 0 saturated carbocycles. The van der Waals surface area contributed by atoms with Gasteiger partial charge in [-0.05, 0) is 18.6 Å². The van der Waals surface area contributed by atoms with Gasteiger partial charge in [-0.2, -0.15) is 0 Å². The molecule has 0 atom stereocenters. The summed E-state index contributed by atoms with van der Waals surface area (Å²) >= 11 is 4.56. The van der Waals surface area contributed by atoms with E-state index >= 15 is 0 Å². The molecule has 0 bridgehead atoms. The third-order valence-electron chi connectivity index (χ3n) is 3.16. The first kappa shape index (κ1) is 14.4. The Bertz CT molecular complexity index is 823. The molecule has 0 amide bonds. The second-order valence-electron chi connectivity index (χ2n) is 4.47. The lowest BCUT2D eigenvalue weighted by atomic mass is 10.4. The maximum atomic E-state index is 12.3. The van der Waals surface area contributed by atoms with E-state index < -0.39 is 5.69 Å². The number of hydrogen-bond acceptors (Lipinski definition) is 5. The zero-order valence-electron chi connectivity index (χ0n) is 11.6. The van der Waals surface area contributed by atoms with Gasteiger partial charge in [-0.25, -0.2) is 14.8 Å². The fraction of sp³-hybridized carbons (Fsp3) is 0.500. The van der Waals surface area contributed by atoms with Crippen LogP contribution in [0.15, 0.2) is 14.6 Å². The molecule has 0 unspecified atom stereocenters. The van der Waals surface area contributed by atoms with Gasteiger partial charge in [-0.1, -0.05) is 6.92 Å².